The summed E-state index contributed by atoms with van der Waals surface area (Å²) in [6.45, 7) is 6.14. The van der Waals surface area contributed by atoms with E-state index in [-0.39, 0.29) is 23.8 Å². The molecule has 0 spiro atoms. The maximum absolute atomic E-state index is 12.2. The van der Waals surface area contributed by atoms with Gasteiger partial charge in [-0.05, 0) is 51.5 Å². The third-order valence-electron chi connectivity index (χ3n) is 4.64. The summed E-state index contributed by atoms with van der Waals surface area (Å²) >= 11 is 6.04. The highest BCUT2D eigenvalue weighted by Crippen LogP contribution is 2.19. The van der Waals surface area contributed by atoms with Gasteiger partial charge in [0.1, 0.15) is 0 Å². The van der Waals surface area contributed by atoms with Crippen LogP contribution in [0.25, 0.3) is 0 Å². The van der Waals surface area contributed by atoms with E-state index in [9.17, 15) is 9.59 Å². The second-order valence-corrected chi connectivity index (χ2v) is 8.72. The quantitative estimate of drug-likeness (QED) is 0.494. The number of carbonyl (C=O) groups is 2. The summed E-state index contributed by atoms with van der Waals surface area (Å²) in [6, 6.07) is 14.4. The molecule has 2 unspecified atom stereocenters. The monoisotopic (exact) mass is 462 g/mol. The Balaban J connectivity index is 0.000000654. The van der Waals surface area contributed by atoms with Crippen molar-refractivity contribution in [3.8, 4) is 0 Å². The molecular formula is C24H31ClN2O5. The van der Waals surface area contributed by atoms with Crippen LogP contribution in [0.1, 0.15) is 46.5 Å². The van der Waals surface area contributed by atoms with E-state index in [1.807, 2.05) is 31.2 Å². The molecule has 0 saturated carbocycles. The highest BCUT2D eigenvalue weighted by molar-refractivity contribution is 6.33. The largest absolute Gasteiger partial charge is 0.376 e. The van der Waals surface area contributed by atoms with Crippen LogP contribution in [0.15, 0.2) is 48.5 Å². The van der Waals surface area contributed by atoms with Crippen molar-refractivity contribution in [3.63, 3.8) is 0 Å². The number of hydrogen-bond acceptors (Lipinski definition) is 5. The standard InChI is InChI=1S/C21H23ClN2O3.C3H8O2/c1-14-6-8-16(9-7-14)20(25)23-11-15-10-17(27-13-15)12-24-21(26)18-4-2-3-5-19(18)22;1-3(2,4)5/h2-9,15,17H,10-13H2,1H3,(H,23,25)(H,24,26);4-5H,1-2H3. The van der Waals surface area contributed by atoms with Gasteiger partial charge in [0.15, 0.2) is 5.79 Å². The summed E-state index contributed by atoms with van der Waals surface area (Å²) in [7, 11) is 0. The molecule has 0 radical (unpaired) electrons. The molecule has 0 bridgehead atoms. The Labute approximate surface area is 193 Å². The Morgan fingerprint density at radius 3 is 2.25 bits per heavy atom. The second-order valence-electron chi connectivity index (χ2n) is 8.32. The van der Waals surface area contributed by atoms with Crippen LogP contribution in [0.2, 0.25) is 5.02 Å². The van der Waals surface area contributed by atoms with Gasteiger partial charge in [-0.25, -0.2) is 0 Å². The van der Waals surface area contributed by atoms with Crippen LogP contribution in [-0.2, 0) is 4.74 Å². The van der Waals surface area contributed by atoms with Crippen LogP contribution in [0, 0.1) is 12.8 Å². The summed E-state index contributed by atoms with van der Waals surface area (Å²) in [5.41, 5.74) is 2.24. The lowest BCUT2D eigenvalue weighted by molar-refractivity contribution is -0.127. The third-order valence-corrected chi connectivity index (χ3v) is 4.97. The van der Waals surface area contributed by atoms with E-state index in [1.165, 1.54) is 13.8 Å². The number of ether oxygens (including phenoxy) is 1. The topological polar surface area (TPSA) is 108 Å². The minimum Gasteiger partial charge on any atom is -0.376 e. The molecule has 8 heteroatoms. The zero-order valence-corrected chi connectivity index (χ0v) is 19.4. The first-order chi connectivity index (χ1) is 15.0. The van der Waals surface area contributed by atoms with Gasteiger partial charge in [-0.1, -0.05) is 41.4 Å². The van der Waals surface area contributed by atoms with Gasteiger partial charge >= 0.3 is 0 Å². The maximum Gasteiger partial charge on any atom is 0.252 e. The summed E-state index contributed by atoms with van der Waals surface area (Å²) < 4.78 is 5.74. The number of aryl methyl sites for hydroxylation is 1. The number of benzene rings is 2. The fraction of sp³-hybridized carbons (Fsp3) is 0.417. The van der Waals surface area contributed by atoms with Gasteiger partial charge in [-0.2, -0.15) is 0 Å². The first-order valence-corrected chi connectivity index (χ1v) is 10.8. The molecule has 2 atom stereocenters. The molecule has 0 aromatic heterocycles. The summed E-state index contributed by atoms with van der Waals surface area (Å²) in [5.74, 6) is -1.55. The summed E-state index contributed by atoms with van der Waals surface area (Å²) in [5, 5.41) is 22.4. The smallest absolute Gasteiger partial charge is 0.252 e. The number of amides is 2. The number of halogens is 1. The van der Waals surface area contributed by atoms with E-state index in [1.54, 1.807) is 24.3 Å². The van der Waals surface area contributed by atoms with E-state index in [0.717, 1.165) is 12.0 Å². The van der Waals surface area contributed by atoms with Crippen LogP contribution in [0.4, 0.5) is 0 Å². The van der Waals surface area contributed by atoms with Gasteiger partial charge in [0.25, 0.3) is 11.8 Å². The van der Waals surface area contributed by atoms with E-state index < -0.39 is 5.79 Å². The van der Waals surface area contributed by atoms with Crippen LogP contribution >= 0.6 is 11.6 Å². The molecule has 174 valence electrons. The number of hydrogen-bond donors (Lipinski definition) is 4. The van der Waals surface area contributed by atoms with Gasteiger partial charge in [0.05, 0.1) is 23.3 Å². The van der Waals surface area contributed by atoms with Crippen molar-refractivity contribution in [2.24, 2.45) is 5.92 Å². The number of nitrogens with one attached hydrogen (secondary N) is 2. The molecule has 1 heterocycles. The van der Waals surface area contributed by atoms with E-state index in [2.05, 4.69) is 10.6 Å². The van der Waals surface area contributed by atoms with Crippen LogP contribution in [-0.4, -0.2) is 53.6 Å². The zero-order valence-electron chi connectivity index (χ0n) is 18.6. The van der Waals surface area contributed by atoms with Crippen LogP contribution < -0.4 is 10.6 Å². The molecule has 3 rings (SSSR count). The third kappa shape index (κ3) is 9.36. The van der Waals surface area contributed by atoms with Crippen molar-refractivity contribution < 1.29 is 24.5 Å². The lowest BCUT2D eigenvalue weighted by Gasteiger charge is -2.12. The first kappa shape index (κ1) is 25.8. The summed E-state index contributed by atoms with van der Waals surface area (Å²) in [6.07, 6.45) is 0.731. The van der Waals surface area contributed by atoms with E-state index in [0.29, 0.717) is 35.8 Å². The Morgan fingerprint density at radius 1 is 1.03 bits per heavy atom. The highest BCUT2D eigenvalue weighted by Gasteiger charge is 2.26. The molecule has 2 aromatic rings. The average Bonchev–Trinajstić information content (AvgIpc) is 3.18. The highest BCUT2D eigenvalue weighted by atomic mass is 35.5. The molecule has 2 amide bonds. The van der Waals surface area contributed by atoms with Crippen molar-refractivity contribution in [2.75, 3.05) is 19.7 Å². The molecule has 1 saturated heterocycles. The van der Waals surface area contributed by atoms with Crippen molar-refractivity contribution in [2.45, 2.75) is 39.1 Å². The first-order valence-electron chi connectivity index (χ1n) is 10.5. The number of carbonyl (C=O) groups excluding carboxylic acids is 2. The van der Waals surface area contributed by atoms with Crippen molar-refractivity contribution in [1.29, 1.82) is 0 Å². The number of aliphatic hydroxyl groups is 2. The van der Waals surface area contributed by atoms with Gasteiger partial charge in [0.2, 0.25) is 0 Å². The van der Waals surface area contributed by atoms with Gasteiger partial charge in [-0.3, -0.25) is 9.59 Å². The van der Waals surface area contributed by atoms with Crippen molar-refractivity contribution in [1.82, 2.24) is 10.6 Å². The van der Waals surface area contributed by atoms with Crippen molar-refractivity contribution >= 4 is 23.4 Å². The fourth-order valence-electron chi connectivity index (χ4n) is 3.06. The Kier molecular flexibility index (Phi) is 9.65. The fourth-order valence-corrected chi connectivity index (χ4v) is 3.28. The van der Waals surface area contributed by atoms with Crippen LogP contribution in [0.5, 0.6) is 0 Å². The number of rotatable bonds is 6. The van der Waals surface area contributed by atoms with Crippen LogP contribution in [0.3, 0.4) is 0 Å². The lowest BCUT2D eigenvalue weighted by Crippen LogP contribution is -2.32. The maximum atomic E-state index is 12.2. The molecule has 2 aromatic carbocycles. The van der Waals surface area contributed by atoms with E-state index >= 15 is 0 Å². The molecule has 1 aliphatic heterocycles. The van der Waals surface area contributed by atoms with Crippen molar-refractivity contribution in [3.05, 3.63) is 70.2 Å². The average molecular weight is 463 g/mol. The Hall–Kier alpha value is -2.45. The van der Waals surface area contributed by atoms with E-state index in [4.69, 9.17) is 26.6 Å². The van der Waals surface area contributed by atoms with Gasteiger partial charge < -0.3 is 25.6 Å². The molecule has 4 N–H and O–H groups in total. The molecular weight excluding hydrogens is 432 g/mol. The minimum atomic E-state index is -1.50. The lowest BCUT2D eigenvalue weighted by atomic mass is 10.1. The van der Waals surface area contributed by atoms with Gasteiger partial charge in [0, 0.05) is 24.6 Å². The SMILES string of the molecule is CC(C)(O)O.Cc1ccc(C(=O)NCC2COC(CNC(=O)c3ccccc3Cl)C2)cc1. The Morgan fingerprint density at radius 2 is 1.62 bits per heavy atom. The molecule has 1 aliphatic rings. The molecule has 7 nitrogen and oxygen atoms in total. The second kappa shape index (κ2) is 12.0. The molecule has 32 heavy (non-hydrogen) atoms. The minimum absolute atomic E-state index is 0.0577. The molecule has 0 aliphatic carbocycles. The predicted octanol–water partition coefficient (Wildman–Crippen LogP) is 2.92. The Bertz CT molecular complexity index is 890. The zero-order chi connectivity index (χ0) is 23.7. The van der Waals surface area contributed by atoms with Gasteiger partial charge in [-0.15, -0.1) is 0 Å². The normalized spacial score (nSPS) is 17.8. The predicted molar refractivity (Wildman–Crippen MR) is 124 cm³/mol. The molecule has 1 fully saturated rings. The summed E-state index contributed by atoms with van der Waals surface area (Å²) in [4.78, 5) is 24.4.